The Labute approximate surface area is 110 Å². The predicted octanol–water partition coefficient (Wildman–Crippen LogP) is 3.17. The lowest BCUT2D eigenvalue weighted by Gasteiger charge is -2.29. The summed E-state index contributed by atoms with van der Waals surface area (Å²) < 4.78 is 0. The van der Waals surface area contributed by atoms with Crippen LogP contribution in [0, 0.1) is 0 Å². The summed E-state index contributed by atoms with van der Waals surface area (Å²) in [6.07, 6.45) is 3.75. The van der Waals surface area contributed by atoms with E-state index < -0.39 is 0 Å². The summed E-state index contributed by atoms with van der Waals surface area (Å²) in [6, 6.07) is 7.30. The molecule has 0 saturated carbocycles. The summed E-state index contributed by atoms with van der Waals surface area (Å²) >= 11 is 6.29. The van der Waals surface area contributed by atoms with Crippen LogP contribution in [-0.2, 0) is 0 Å². The Bertz CT molecular complexity index is 629. The Balaban J connectivity index is 2.10. The van der Waals surface area contributed by atoms with Crippen LogP contribution in [0.3, 0.4) is 0 Å². The fourth-order valence-corrected chi connectivity index (χ4v) is 2.82. The Hall–Kier alpha value is -1.48. The summed E-state index contributed by atoms with van der Waals surface area (Å²) in [5.74, 6) is 0. The maximum atomic E-state index is 11.4. The van der Waals surface area contributed by atoms with Crippen molar-refractivity contribution in [2.45, 2.75) is 19.3 Å². The normalized spacial score (nSPS) is 16.2. The Morgan fingerprint density at radius 3 is 2.67 bits per heavy atom. The topological polar surface area (TPSA) is 36.1 Å². The molecule has 1 saturated heterocycles. The highest BCUT2D eigenvalue weighted by atomic mass is 35.5. The Morgan fingerprint density at radius 2 is 1.89 bits per heavy atom. The van der Waals surface area contributed by atoms with Gasteiger partial charge in [-0.2, -0.15) is 0 Å². The molecule has 0 bridgehead atoms. The number of pyridine rings is 1. The SMILES string of the molecule is O=c1ccc2c(Cl)cc(N3CCCCC3)cc2[nH]1. The number of aromatic nitrogens is 1. The minimum absolute atomic E-state index is 0.0886. The molecule has 1 aliphatic heterocycles. The minimum atomic E-state index is -0.0886. The Morgan fingerprint density at radius 1 is 1.11 bits per heavy atom. The van der Waals surface area contributed by atoms with Crippen molar-refractivity contribution in [3.63, 3.8) is 0 Å². The van der Waals surface area contributed by atoms with Gasteiger partial charge in [-0.1, -0.05) is 11.6 Å². The molecule has 1 aromatic carbocycles. The predicted molar refractivity (Wildman–Crippen MR) is 75.6 cm³/mol. The van der Waals surface area contributed by atoms with Gasteiger partial charge in [0.2, 0.25) is 5.56 Å². The lowest BCUT2D eigenvalue weighted by Crippen LogP contribution is -2.29. The maximum absolute atomic E-state index is 11.4. The van der Waals surface area contributed by atoms with E-state index in [0.717, 1.165) is 29.7 Å². The highest BCUT2D eigenvalue weighted by Crippen LogP contribution is 2.29. The van der Waals surface area contributed by atoms with Gasteiger partial charge in [0.1, 0.15) is 0 Å². The number of H-pyrrole nitrogens is 1. The Kier molecular flexibility index (Phi) is 3.00. The van der Waals surface area contributed by atoms with Gasteiger partial charge in [0.05, 0.1) is 10.5 Å². The smallest absolute Gasteiger partial charge is 0.248 e. The third kappa shape index (κ3) is 2.10. The second-order valence-electron chi connectivity index (χ2n) is 4.76. The van der Waals surface area contributed by atoms with Gasteiger partial charge < -0.3 is 9.88 Å². The van der Waals surface area contributed by atoms with Crippen LogP contribution in [0.4, 0.5) is 5.69 Å². The molecule has 1 aromatic heterocycles. The number of hydrogen-bond donors (Lipinski definition) is 1. The summed E-state index contributed by atoms with van der Waals surface area (Å²) in [5, 5.41) is 1.60. The number of nitrogens with one attached hydrogen (secondary N) is 1. The monoisotopic (exact) mass is 262 g/mol. The van der Waals surface area contributed by atoms with Crippen LogP contribution in [0.25, 0.3) is 10.9 Å². The molecule has 0 atom stereocenters. The molecule has 2 aromatic rings. The maximum Gasteiger partial charge on any atom is 0.248 e. The van der Waals surface area contributed by atoms with Gasteiger partial charge in [-0.05, 0) is 37.5 Å². The first kappa shape index (κ1) is 11.6. The molecule has 0 spiro atoms. The van der Waals surface area contributed by atoms with Crippen LogP contribution in [0.2, 0.25) is 5.02 Å². The van der Waals surface area contributed by atoms with Crippen molar-refractivity contribution in [3.05, 3.63) is 39.6 Å². The highest BCUT2D eigenvalue weighted by molar-refractivity contribution is 6.35. The van der Waals surface area contributed by atoms with Crippen molar-refractivity contribution < 1.29 is 0 Å². The zero-order valence-electron chi connectivity index (χ0n) is 10.1. The van der Waals surface area contributed by atoms with Crippen LogP contribution < -0.4 is 10.5 Å². The first-order chi connectivity index (χ1) is 8.74. The molecule has 2 heterocycles. The molecule has 94 valence electrons. The van der Waals surface area contributed by atoms with Crippen molar-refractivity contribution in [2.75, 3.05) is 18.0 Å². The molecule has 1 aliphatic rings. The number of benzene rings is 1. The van der Waals surface area contributed by atoms with Gasteiger partial charge in [-0.3, -0.25) is 4.79 Å². The second kappa shape index (κ2) is 4.65. The molecule has 0 unspecified atom stereocenters. The van der Waals surface area contributed by atoms with E-state index in [1.807, 2.05) is 12.1 Å². The van der Waals surface area contributed by atoms with E-state index in [1.54, 1.807) is 6.07 Å². The first-order valence-electron chi connectivity index (χ1n) is 6.31. The van der Waals surface area contributed by atoms with Crippen molar-refractivity contribution in [2.24, 2.45) is 0 Å². The average molecular weight is 263 g/mol. The lowest BCUT2D eigenvalue weighted by molar-refractivity contribution is 0.578. The number of nitrogens with zero attached hydrogens (tertiary/aromatic N) is 1. The number of hydrogen-bond acceptors (Lipinski definition) is 2. The van der Waals surface area contributed by atoms with Crippen molar-refractivity contribution in [1.29, 1.82) is 0 Å². The van der Waals surface area contributed by atoms with Gasteiger partial charge >= 0.3 is 0 Å². The lowest BCUT2D eigenvalue weighted by atomic mass is 10.1. The molecular weight excluding hydrogens is 248 g/mol. The largest absolute Gasteiger partial charge is 0.371 e. The summed E-state index contributed by atoms with van der Waals surface area (Å²) in [5.41, 5.74) is 1.83. The highest BCUT2D eigenvalue weighted by Gasteiger charge is 2.13. The quantitative estimate of drug-likeness (QED) is 0.857. The van der Waals surface area contributed by atoms with Crippen LogP contribution in [-0.4, -0.2) is 18.1 Å². The van der Waals surface area contributed by atoms with Crippen LogP contribution >= 0.6 is 11.6 Å². The van der Waals surface area contributed by atoms with E-state index in [2.05, 4.69) is 9.88 Å². The van der Waals surface area contributed by atoms with Crippen LogP contribution in [0.5, 0.6) is 0 Å². The second-order valence-corrected chi connectivity index (χ2v) is 5.17. The van der Waals surface area contributed by atoms with Crippen LogP contribution in [0.15, 0.2) is 29.1 Å². The van der Waals surface area contributed by atoms with Crippen molar-refractivity contribution >= 4 is 28.2 Å². The van der Waals surface area contributed by atoms with E-state index >= 15 is 0 Å². The zero-order chi connectivity index (χ0) is 12.5. The minimum Gasteiger partial charge on any atom is -0.371 e. The molecule has 18 heavy (non-hydrogen) atoms. The van der Waals surface area contributed by atoms with Gasteiger partial charge in [-0.15, -0.1) is 0 Å². The molecule has 1 N–H and O–H groups in total. The molecular formula is C14H15ClN2O. The van der Waals surface area contributed by atoms with Crippen molar-refractivity contribution in [3.8, 4) is 0 Å². The molecule has 3 nitrogen and oxygen atoms in total. The third-order valence-corrected chi connectivity index (χ3v) is 3.81. The zero-order valence-corrected chi connectivity index (χ0v) is 10.8. The fraction of sp³-hybridized carbons (Fsp3) is 0.357. The molecule has 4 heteroatoms. The standard InChI is InChI=1S/C14H15ClN2O/c15-12-8-10(17-6-2-1-3-7-17)9-13-11(12)4-5-14(18)16-13/h4-5,8-9H,1-3,6-7H2,(H,16,18). The number of aromatic amines is 1. The van der Waals surface area contributed by atoms with E-state index in [1.165, 1.54) is 25.3 Å². The van der Waals surface area contributed by atoms with E-state index in [4.69, 9.17) is 11.6 Å². The molecule has 0 aliphatic carbocycles. The molecule has 3 rings (SSSR count). The van der Waals surface area contributed by atoms with Crippen LogP contribution in [0.1, 0.15) is 19.3 Å². The molecule has 1 fully saturated rings. The number of rotatable bonds is 1. The molecule has 0 amide bonds. The van der Waals surface area contributed by atoms with E-state index in [0.29, 0.717) is 5.02 Å². The van der Waals surface area contributed by atoms with Crippen molar-refractivity contribution in [1.82, 2.24) is 4.98 Å². The number of anilines is 1. The van der Waals surface area contributed by atoms with Gasteiger partial charge in [0, 0.05) is 30.2 Å². The van der Waals surface area contributed by atoms with Gasteiger partial charge in [0.15, 0.2) is 0 Å². The van der Waals surface area contributed by atoms with Gasteiger partial charge in [0.25, 0.3) is 0 Å². The number of fused-ring (bicyclic) bond motifs is 1. The number of halogens is 1. The summed E-state index contributed by atoms with van der Waals surface area (Å²) in [4.78, 5) is 16.5. The summed E-state index contributed by atoms with van der Waals surface area (Å²) in [6.45, 7) is 2.14. The first-order valence-corrected chi connectivity index (χ1v) is 6.69. The fourth-order valence-electron chi connectivity index (χ4n) is 2.54. The van der Waals surface area contributed by atoms with E-state index in [9.17, 15) is 4.79 Å². The van der Waals surface area contributed by atoms with Gasteiger partial charge in [-0.25, -0.2) is 0 Å². The number of piperidine rings is 1. The summed E-state index contributed by atoms with van der Waals surface area (Å²) in [7, 11) is 0. The average Bonchev–Trinajstić information content (AvgIpc) is 2.39. The van der Waals surface area contributed by atoms with E-state index in [-0.39, 0.29) is 5.56 Å². The third-order valence-electron chi connectivity index (χ3n) is 3.49. The molecule has 0 radical (unpaired) electrons.